The molecule has 1 saturated carbocycles. The van der Waals surface area contributed by atoms with Crippen LogP contribution in [0.15, 0.2) is 24.3 Å². The van der Waals surface area contributed by atoms with Gasteiger partial charge in [-0.1, -0.05) is 43.9 Å². The van der Waals surface area contributed by atoms with Crippen molar-refractivity contribution in [3.63, 3.8) is 0 Å². The lowest BCUT2D eigenvalue weighted by molar-refractivity contribution is -0.0523. The first-order valence-electron chi connectivity index (χ1n) is 6.90. The number of hydrogen-bond donors (Lipinski definition) is 1. The molecule has 0 aliphatic heterocycles. The molecular formula is C15H20F2O2. The fourth-order valence-corrected chi connectivity index (χ4v) is 2.81. The summed E-state index contributed by atoms with van der Waals surface area (Å²) in [4.78, 5) is 0. The summed E-state index contributed by atoms with van der Waals surface area (Å²) in [6, 6.07) is 6.54. The SMILES string of the molecule is OC(c1ccccc1OC(F)F)C1CCCCCC1. The predicted molar refractivity (Wildman–Crippen MR) is 69.2 cm³/mol. The second-order valence-corrected chi connectivity index (χ2v) is 5.11. The fourth-order valence-electron chi connectivity index (χ4n) is 2.81. The molecule has 1 aliphatic rings. The number of alkyl halides is 2. The van der Waals surface area contributed by atoms with Crippen molar-refractivity contribution >= 4 is 0 Å². The topological polar surface area (TPSA) is 29.5 Å². The molecule has 1 aliphatic carbocycles. The molecule has 1 N–H and O–H groups in total. The van der Waals surface area contributed by atoms with Crippen LogP contribution in [0.4, 0.5) is 8.78 Å². The standard InChI is InChI=1S/C15H20F2O2/c16-15(17)19-13-10-6-5-9-12(13)14(18)11-7-3-1-2-4-8-11/h5-6,9-11,14-15,18H,1-4,7-8H2. The molecule has 0 heterocycles. The maximum Gasteiger partial charge on any atom is 0.387 e. The van der Waals surface area contributed by atoms with E-state index in [1.165, 1.54) is 18.9 Å². The molecule has 0 bridgehead atoms. The summed E-state index contributed by atoms with van der Waals surface area (Å²) in [5.41, 5.74) is 0.481. The van der Waals surface area contributed by atoms with Crippen LogP contribution in [0.25, 0.3) is 0 Å². The van der Waals surface area contributed by atoms with Gasteiger partial charge in [0.15, 0.2) is 0 Å². The lowest BCUT2D eigenvalue weighted by atomic mass is 9.89. The van der Waals surface area contributed by atoms with Crippen LogP contribution < -0.4 is 4.74 Å². The van der Waals surface area contributed by atoms with E-state index in [0.29, 0.717) is 5.56 Å². The Balaban J connectivity index is 2.14. The maximum absolute atomic E-state index is 12.4. The van der Waals surface area contributed by atoms with Gasteiger partial charge >= 0.3 is 6.61 Å². The van der Waals surface area contributed by atoms with Crippen molar-refractivity contribution in [1.29, 1.82) is 0 Å². The van der Waals surface area contributed by atoms with Crippen LogP contribution in [0.2, 0.25) is 0 Å². The number of aliphatic hydroxyl groups is 1. The van der Waals surface area contributed by atoms with E-state index in [2.05, 4.69) is 4.74 Å². The Morgan fingerprint density at radius 1 is 1.05 bits per heavy atom. The van der Waals surface area contributed by atoms with E-state index in [1.54, 1.807) is 18.2 Å². The first-order chi connectivity index (χ1) is 9.18. The van der Waals surface area contributed by atoms with Crippen molar-refractivity contribution in [2.45, 2.75) is 51.2 Å². The van der Waals surface area contributed by atoms with Crippen molar-refractivity contribution in [2.75, 3.05) is 0 Å². The molecule has 0 radical (unpaired) electrons. The van der Waals surface area contributed by atoms with E-state index >= 15 is 0 Å². The molecule has 106 valence electrons. The third kappa shape index (κ3) is 3.90. The normalized spacial score (nSPS) is 19.2. The largest absolute Gasteiger partial charge is 0.434 e. The summed E-state index contributed by atoms with van der Waals surface area (Å²) in [5, 5.41) is 10.4. The highest BCUT2D eigenvalue weighted by Crippen LogP contribution is 2.37. The minimum atomic E-state index is -2.86. The van der Waals surface area contributed by atoms with Gasteiger partial charge in [0.05, 0.1) is 6.10 Å². The third-order valence-corrected chi connectivity index (χ3v) is 3.80. The molecule has 2 rings (SSSR count). The summed E-state index contributed by atoms with van der Waals surface area (Å²) in [7, 11) is 0. The Morgan fingerprint density at radius 2 is 1.68 bits per heavy atom. The molecule has 1 aromatic carbocycles. The van der Waals surface area contributed by atoms with Gasteiger partial charge in [0, 0.05) is 5.56 Å². The smallest absolute Gasteiger partial charge is 0.387 e. The average molecular weight is 270 g/mol. The van der Waals surface area contributed by atoms with Crippen LogP contribution in [0.5, 0.6) is 5.75 Å². The first kappa shape index (κ1) is 14.3. The summed E-state index contributed by atoms with van der Waals surface area (Å²) in [5.74, 6) is 0.235. The quantitative estimate of drug-likeness (QED) is 0.827. The zero-order valence-corrected chi connectivity index (χ0v) is 10.9. The van der Waals surface area contributed by atoms with E-state index in [9.17, 15) is 13.9 Å². The Hall–Kier alpha value is -1.16. The molecule has 0 amide bonds. The average Bonchev–Trinajstić information content (AvgIpc) is 2.67. The molecule has 2 nitrogen and oxygen atoms in total. The number of hydrogen-bond acceptors (Lipinski definition) is 2. The molecule has 0 spiro atoms. The number of para-hydroxylation sites is 1. The van der Waals surface area contributed by atoms with Gasteiger partial charge in [0.2, 0.25) is 0 Å². The number of rotatable bonds is 4. The van der Waals surface area contributed by atoms with E-state index < -0.39 is 12.7 Å². The molecule has 1 atom stereocenters. The lowest BCUT2D eigenvalue weighted by Gasteiger charge is -2.23. The van der Waals surface area contributed by atoms with Crippen molar-refractivity contribution in [1.82, 2.24) is 0 Å². The monoisotopic (exact) mass is 270 g/mol. The molecule has 1 aromatic rings. The lowest BCUT2D eigenvalue weighted by Crippen LogP contribution is -2.14. The molecule has 0 aromatic heterocycles. The third-order valence-electron chi connectivity index (χ3n) is 3.80. The summed E-state index contributed by atoms with van der Waals surface area (Å²) >= 11 is 0. The van der Waals surface area contributed by atoms with Crippen LogP contribution >= 0.6 is 0 Å². The van der Waals surface area contributed by atoms with Crippen LogP contribution in [0, 0.1) is 5.92 Å². The minimum absolute atomic E-state index is 0.0919. The van der Waals surface area contributed by atoms with Gasteiger partial charge in [0.1, 0.15) is 5.75 Å². The second kappa shape index (κ2) is 6.85. The highest BCUT2D eigenvalue weighted by atomic mass is 19.3. The number of halogens is 2. The van der Waals surface area contributed by atoms with Crippen LogP contribution in [0.1, 0.15) is 50.2 Å². The molecule has 1 fully saturated rings. The van der Waals surface area contributed by atoms with Gasteiger partial charge in [-0.05, 0) is 24.8 Å². The molecular weight excluding hydrogens is 250 g/mol. The van der Waals surface area contributed by atoms with E-state index in [1.807, 2.05) is 0 Å². The predicted octanol–water partition coefficient (Wildman–Crippen LogP) is 4.29. The molecule has 19 heavy (non-hydrogen) atoms. The van der Waals surface area contributed by atoms with E-state index in [-0.39, 0.29) is 11.7 Å². The van der Waals surface area contributed by atoms with Gasteiger partial charge in [0.25, 0.3) is 0 Å². The number of benzene rings is 1. The van der Waals surface area contributed by atoms with Crippen LogP contribution in [-0.2, 0) is 0 Å². The van der Waals surface area contributed by atoms with Gasteiger partial charge in [-0.2, -0.15) is 8.78 Å². The Bertz CT molecular complexity index is 387. The summed E-state index contributed by atoms with van der Waals surface area (Å²) in [6.07, 6.45) is 5.76. The molecule has 0 saturated heterocycles. The van der Waals surface area contributed by atoms with Crippen molar-refractivity contribution in [3.8, 4) is 5.75 Å². The maximum atomic E-state index is 12.4. The zero-order chi connectivity index (χ0) is 13.7. The Labute approximate surface area is 112 Å². The number of ether oxygens (including phenoxy) is 1. The Morgan fingerprint density at radius 3 is 2.32 bits per heavy atom. The number of aliphatic hydroxyl groups excluding tert-OH is 1. The molecule has 4 heteroatoms. The van der Waals surface area contributed by atoms with Crippen LogP contribution in [-0.4, -0.2) is 11.7 Å². The van der Waals surface area contributed by atoms with Crippen LogP contribution in [0.3, 0.4) is 0 Å². The second-order valence-electron chi connectivity index (χ2n) is 5.11. The zero-order valence-electron chi connectivity index (χ0n) is 10.9. The van der Waals surface area contributed by atoms with Crippen molar-refractivity contribution < 1.29 is 18.6 Å². The van der Waals surface area contributed by atoms with E-state index in [4.69, 9.17) is 0 Å². The molecule has 1 unspecified atom stereocenters. The summed E-state index contributed by atoms with van der Waals surface area (Å²) < 4.78 is 29.2. The van der Waals surface area contributed by atoms with Gasteiger partial charge in [-0.15, -0.1) is 0 Å². The highest BCUT2D eigenvalue weighted by Gasteiger charge is 2.25. The first-order valence-corrected chi connectivity index (χ1v) is 6.90. The van der Waals surface area contributed by atoms with Gasteiger partial charge in [-0.25, -0.2) is 0 Å². The minimum Gasteiger partial charge on any atom is -0.434 e. The van der Waals surface area contributed by atoms with Gasteiger partial charge < -0.3 is 9.84 Å². The summed E-state index contributed by atoms with van der Waals surface area (Å²) in [6.45, 7) is -2.86. The van der Waals surface area contributed by atoms with E-state index in [0.717, 1.165) is 25.7 Å². The fraction of sp³-hybridized carbons (Fsp3) is 0.600. The Kier molecular flexibility index (Phi) is 5.14. The van der Waals surface area contributed by atoms with Crippen molar-refractivity contribution in [3.05, 3.63) is 29.8 Å². The van der Waals surface area contributed by atoms with Crippen molar-refractivity contribution in [2.24, 2.45) is 5.92 Å². The highest BCUT2D eigenvalue weighted by molar-refractivity contribution is 5.35. The van der Waals surface area contributed by atoms with Gasteiger partial charge in [-0.3, -0.25) is 0 Å².